The van der Waals surface area contributed by atoms with Gasteiger partial charge in [0.15, 0.2) is 0 Å². The Balaban J connectivity index is 2.31. The molecule has 3 rings (SSSR count). The predicted octanol–water partition coefficient (Wildman–Crippen LogP) is 3.49. The Morgan fingerprint density at radius 3 is 2.67 bits per heavy atom. The second kappa shape index (κ2) is 3.24. The van der Waals surface area contributed by atoms with Crippen molar-refractivity contribution in [1.82, 2.24) is 4.98 Å². The van der Waals surface area contributed by atoms with Crippen LogP contribution >= 0.6 is 0 Å². The molecular formula is C13H9NO. The SMILES string of the molecule is c1ccc(-c2cncc3cocc23)cc1. The van der Waals surface area contributed by atoms with Crippen LogP contribution < -0.4 is 0 Å². The Bertz CT molecular complexity index is 584. The highest BCUT2D eigenvalue weighted by molar-refractivity contribution is 5.94. The fourth-order valence-electron chi connectivity index (χ4n) is 1.74. The summed E-state index contributed by atoms with van der Waals surface area (Å²) in [5, 5.41) is 2.15. The Kier molecular flexibility index (Phi) is 1.78. The molecule has 0 radical (unpaired) electrons. The molecule has 0 saturated carbocycles. The molecule has 0 amide bonds. The van der Waals surface area contributed by atoms with Crippen molar-refractivity contribution in [2.24, 2.45) is 0 Å². The smallest absolute Gasteiger partial charge is 0.0997 e. The lowest BCUT2D eigenvalue weighted by molar-refractivity contribution is 0.572. The van der Waals surface area contributed by atoms with Crippen LogP contribution in [0.3, 0.4) is 0 Å². The number of hydrogen-bond acceptors (Lipinski definition) is 2. The summed E-state index contributed by atoms with van der Waals surface area (Å²) in [6.07, 6.45) is 7.16. The normalized spacial score (nSPS) is 10.7. The molecule has 2 nitrogen and oxygen atoms in total. The van der Waals surface area contributed by atoms with E-state index in [9.17, 15) is 0 Å². The first-order valence-electron chi connectivity index (χ1n) is 4.80. The Labute approximate surface area is 87.2 Å². The van der Waals surface area contributed by atoms with Crippen molar-refractivity contribution in [2.45, 2.75) is 0 Å². The van der Waals surface area contributed by atoms with Crippen molar-refractivity contribution in [2.75, 3.05) is 0 Å². The van der Waals surface area contributed by atoms with Gasteiger partial charge in [0.05, 0.1) is 12.5 Å². The molecule has 0 aliphatic rings. The van der Waals surface area contributed by atoms with Crippen molar-refractivity contribution >= 4 is 10.8 Å². The van der Waals surface area contributed by atoms with E-state index < -0.39 is 0 Å². The van der Waals surface area contributed by atoms with Crippen molar-refractivity contribution in [3.63, 3.8) is 0 Å². The molecule has 2 heteroatoms. The largest absolute Gasteiger partial charge is 0.471 e. The number of rotatable bonds is 1. The van der Waals surface area contributed by atoms with E-state index in [0.29, 0.717) is 0 Å². The summed E-state index contributed by atoms with van der Waals surface area (Å²) >= 11 is 0. The topological polar surface area (TPSA) is 26.0 Å². The lowest BCUT2D eigenvalue weighted by atomic mass is 10.0. The summed E-state index contributed by atoms with van der Waals surface area (Å²) in [4.78, 5) is 4.20. The average Bonchev–Trinajstić information content (AvgIpc) is 2.78. The van der Waals surface area contributed by atoms with E-state index >= 15 is 0 Å². The first-order chi connectivity index (χ1) is 7.45. The van der Waals surface area contributed by atoms with E-state index in [-0.39, 0.29) is 0 Å². The van der Waals surface area contributed by atoms with Gasteiger partial charge in [-0.2, -0.15) is 0 Å². The molecule has 0 spiro atoms. The molecule has 2 aromatic heterocycles. The molecule has 3 aromatic rings. The zero-order valence-electron chi connectivity index (χ0n) is 8.05. The van der Waals surface area contributed by atoms with Gasteiger partial charge in [0.25, 0.3) is 0 Å². The highest BCUT2D eigenvalue weighted by atomic mass is 16.3. The van der Waals surface area contributed by atoms with Crippen molar-refractivity contribution < 1.29 is 4.42 Å². The highest BCUT2D eigenvalue weighted by Gasteiger charge is 2.04. The minimum atomic E-state index is 1.04. The van der Waals surface area contributed by atoms with Crippen LogP contribution in [0.4, 0.5) is 0 Å². The molecule has 0 aliphatic carbocycles. The zero-order chi connectivity index (χ0) is 10.1. The van der Waals surface area contributed by atoms with Gasteiger partial charge in [-0.1, -0.05) is 30.3 Å². The number of nitrogens with zero attached hydrogens (tertiary/aromatic N) is 1. The molecule has 15 heavy (non-hydrogen) atoms. The monoisotopic (exact) mass is 195 g/mol. The molecule has 0 aliphatic heterocycles. The number of hydrogen-bond donors (Lipinski definition) is 0. The van der Waals surface area contributed by atoms with Gasteiger partial charge < -0.3 is 4.42 Å². The number of pyridine rings is 1. The third kappa shape index (κ3) is 1.31. The molecule has 1 aromatic carbocycles. The molecule has 72 valence electrons. The third-order valence-corrected chi connectivity index (χ3v) is 2.48. The molecule has 2 heterocycles. The Morgan fingerprint density at radius 1 is 0.933 bits per heavy atom. The van der Waals surface area contributed by atoms with Crippen LogP contribution in [0, 0.1) is 0 Å². The van der Waals surface area contributed by atoms with Gasteiger partial charge >= 0.3 is 0 Å². The lowest BCUT2D eigenvalue weighted by Crippen LogP contribution is -1.80. The maximum absolute atomic E-state index is 5.19. The summed E-state index contributed by atoms with van der Waals surface area (Å²) < 4.78 is 5.19. The first kappa shape index (κ1) is 8.24. The minimum absolute atomic E-state index is 1.04. The second-order valence-corrected chi connectivity index (χ2v) is 3.43. The van der Waals surface area contributed by atoms with Crippen molar-refractivity contribution in [3.05, 3.63) is 55.3 Å². The van der Waals surface area contributed by atoms with E-state index in [1.54, 1.807) is 12.5 Å². The number of furan rings is 1. The summed E-state index contributed by atoms with van der Waals surface area (Å²) in [5.41, 5.74) is 2.28. The summed E-state index contributed by atoms with van der Waals surface area (Å²) in [7, 11) is 0. The van der Waals surface area contributed by atoms with E-state index in [0.717, 1.165) is 21.9 Å². The molecule has 0 saturated heterocycles. The first-order valence-corrected chi connectivity index (χ1v) is 4.80. The van der Waals surface area contributed by atoms with Gasteiger partial charge in [-0.25, -0.2) is 0 Å². The molecule has 0 fully saturated rings. The van der Waals surface area contributed by atoms with Crippen molar-refractivity contribution in [1.29, 1.82) is 0 Å². The molecule has 0 N–H and O–H groups in total. The van der Waals surface area contributed by atoms with Gasteiger partial charge in [-0.3, -0.25) is 4.98 Å². The minimum Gasteiger partial charge on any atom is -0.471 e. The maximum Gasteiger partial charge on any atom is 0.0997 e. The van der Waals surface area contributed by atoms with Gasteiger partial charge in [-0.15, -0.1) is 0 Å². The Morgan fingerprint density at radius 2 is 1.80 bits per heavy atom. The van der Waals surface area contributed by atoms with Crippen LogP contribution in [-0.4, -0.2) is 4.98 Å². The van der Waals surface area contributed by atoms with Crippen LogP contribution in [-0.2, 0) is 0 Å². The molecule has 0 bridgehead atoms. The molecular weight excluding hydrogens is 186 g/mol. The summed E-state index contributed by atoms with van der Waals surface area (Å²) in [6.45, 7) is 0. The van der Waals surface area contributed by atoms with E-state index in [2.05, 4.69) is 17.1 Å². The van der Waals surface area contributed by atoms with Crippen LogP contribution in [0.5, 0.6) is 0 Å². The van der Waals surface area contributed by atoms with Crippen LogP contribution in [0.25, 0.3) is 21.9 Å². The standard InChI is InChI=1S/C13H9NO/c1-2-4-10(5-3-1)12-7-14-6-11-8-15-9-13(11)12/h1-9H. The Hall–Kier alpha value is -2.09. The van der Waals surface area contributed by atoms with Gasteiger partial charge in [0, 0.05) is 28.7 Å². The second-order valence-electron chi connectivity index (χ2n) is 3.43. The molecule has 0 unspecified atom stereocenters. The summed E-state index contributed by atoms with van der Waals surface area (Å²) in [5.74, 6) is 0. The number of benzene rings is 1. The number of aromatic nitrogens is 1. The van der Waals surface area contributed by atoms with Gasteiger partial charge in [0.1, 0.15) is 0 Å². The highest BCUT2D eigenvalue weighted by Crippen LogP contribution is 2.27. The lowest BCUT2D eigenvalue weighted by Gasteiger charge is -2.01. The maximum atomic E-state index is 5.19. The number of fused-ring (bicyclic) bond motifs is 1. The average molecular weight is 195 g/mol. The van der Waals surface area contributed by atoms with E-state index in [1.807, 2.05) is 30.6 Å². The van der Waals surface area contributed by atoms with Gasteiger partial charge in [0.2, 0.25) is 0 Å². The predicted molar refractivity (Wildman–Crippen MR) is 59.4 cm³/mol. The van der Waals surface area contributed by atoms with Crippen LogP contribution in [0.2, 0.25) is 0 Å². The van der Waals surface area contributed by atoms with Gasteiger partial charge in [-0.05, 0) is 5.56 Å². The third-order valence-electron chi connectivity index (χ3n) is 2.48. The zero-order valence-corrected chi connectivity index (χ0v) is 8.05. The van der Waals surface area contributed by atoms with Crippen molar-refractivity contribution in [3.8, 4) is 11.1 Å². The fraction of sp³-hybridized carbons (Fsp3) is 0. The molecule has 0 atom stereocenters. The van der Waals surface area contributed by atoms with Crippen LogP contribution in [0.1, 0.15) is 0 Å². The quantitative estimate of drug-likeness (QED) is 0.594. The van der Waals surface area contributed by atoms with E-state index in [4.69, 9.17) is 4.42 Å². The summed E-state index contributed by atoms with van der Waals surface area (Å²) in [6, 6.07) is 10.2. The van der Waals surface area contributed by atoms with E-state index in [1.165, 1.54) is 0 Å². The van der Waals surface area contributed by atoms with Crippen LogP contribution in [0.15, 0.2) is 59.7 Å². The fourth-order valence-corrected chi connectivity index (χ4v) is 1.74.